The number of carbonyl (C=O) groups excluding carboxylic acids is 4. The quantitative estimate of drug-likeness (QED) is 0.554. The van der Waals surface area contributed by atoms with Crippen LogP contribution in [0.2, 0.25) is 0 Å². The second-order valence-electron chi connectivity index (χ2n) is 6.41. The second-order valence-corrected chi connectivity index (χ2v) is 6.41. The number of rotatable bonds is 6. The van der Waals surface area contributed by atoms with Crippen molar-refractivity contribution < 1.29 is 23.9 Å². The summed E-state index contributed by atoms with van der Waals surface area (Å²) in [5.74, 6) is -1.92. The highest BCUT2D eigenvalue weighted by Gasteiger charge is 2.36. The summed E-state index contributed by atoms with van der Waals surface area (Å²) in [4.78, 5) is 50.3. The van der Waals surface area contributed by atoms with Gasteiger partial charge in [-0.05, 0) is 31.1 Å². The van der Waals surface area contributed by atoms with Gasteiger partial charge in [0.1, 0.15) is 11.7 Å². The predicted molar refractivity (Wildman–Crippen MR) is 103 cm³/mol. The SMILES string of the molecule is CCOC(=O)CC1C(=O)NCCN1C(=O)/C(=C\c1ccccc1C)NC(C)=O. The van der Waals surface area contributed by atoms with Gasteiger partial charge in [0.05, 0.1) is 13.0 Å². The molecule has 0 bridgehead atoms. The summed E-state index contributed by atoms with van der Waals surface area (Å²) in [5.41, 5.74) is 1.74. The van der Waals surface area contributed by atoms with E-state index in [2.05, 4.69) is 10.6 Å². The number of aryl methyl sites for hydroxylation is 1. The minimum atomic E-state index is -0.991. The fourth-order valence-electron chi connectivity index (χ4n) is 2.94. The minimum absolute atomic E-state index is 0.0466. The van der Waals surface area contributed by atoms with Crippen molar-refractivity contribution in [1.29, 1.82) is 0 Å². The molecule has 8 heteroatoms. The van der Waals surface area contributed by atoms with Crippen molar-refractivity contribution in [3.63, 3.8) is 0 Å². The monoisotopic (exact) mass is 387 g/mol. The molecule has 3 amide bonds. The fourth-order valence-corrected chi connectivity index (χ4v) is 2.94. The van der Waals surface area contributed by atoms with Gasteiger partial charge in [0.2, 0.25) is 11.8 Å². The minimum Gasteiger partial charge on any atom is -0.466 e. The number of nitrogens with one attached hydrogen (secondary N) is 2. The van der Waals surface area contributed by atoms with E-state index in [1.165, 1.54) is 11.8 Å². The van der Waals surface area contributed by atoms with Crippen LogP contribution in [0.5, 0.6) is 0 Å². The maximum Gasteiger partial charge on any atom is 0.308 e. The summed E-state index contributed by atoms with van der Waals surface area (Å²) in [6, 6.07) is 6.42. The fraction of sp³-hybridized carbons (Fsp3) is 0.400. The van der Waals surface area contributed by atoms with E-state index < -0.39 is 29.7 Å². The van der Waals surface area contributed by atoms with Crippen LogP contribution in [0, 0.1) is 6.92 Å². The zero-order valence-corrected chi connectivity index (χ0v) is 16.3. The van der Waals surface area contributed by atoms with Gasteiger partial charge in [-0.15, -0.1) is 0 Å². The molecule has 2 rings (SSSR count). The molecule has 1 heterocycles. The van der Waals surface area contributed by atoms with Crippen LogP contribution in [0.25, 0.3) is 6.08 Å². The van der Waals surface area contributed by atoms with Crippen LogP contribution in [-0.2, 0) is 23.9 Å². The summed E-state index contributed by atoms with van der Waals surface area (Å²) in [5, 5.41) is 5.21. The summed E-state index contributed by atoms with van der Waals surface area (Å²) in [6.45, 7) is 5.53. The maximum absolute atomic E-state index is 13.2. The van der Waals surface area contributed by atoms with Gasteiger partial charge in [-0.1, -0.05) is 24.3 Å². The van der Waals surface area contributed by atoms with Crippen LogP contribution < -0.4 is 10.6 Å². The van der Waals surface area contributed by atoms with Crippen LogP contribution in [0.15, 0.2) is 30.0 Å². The first kappa shape index (κ1) is 21.1. The summed E-state index contributed by atoms with van der Waals surface area (Å²) in [6.07, 6.45) is 1.33. The molecule has 2 N–H and O–H groups in total. The van der Waals surface area contributed by atoms with E-state index in [0.717, 1.165) is 11.1 Å². The van der Waals surface area contributed by atoms with Crippen molar-refractivity contribution in [3.05, 3.63) is 41.1 Å². The lowest BCUT2D eigenvalue weighted by Gasteiger charge is -2.35. The molecule has 1 atom stereocenters. The largest absolute Gasteiger partial charge is 0.466 e. The van der Waals surface area contributed by atoms with Crippen molar-refractivity contribution in [2.24, 2.45) is 0 Å². The topological polar surface area (TPSA) is 105 Å². The third kappa shape index (κ3) is 5.42. The van der Waals surface area contributed by atoms with Crippen molar-refractivity contribution in [2.45, 2.75) is 33.2 Å². The Bertz CT molecular complexity index is 803. The molecular formula is C20H25N3O5. The van der Waals surface area contributed by atoms with Gasteiger partial charge in [-0.2, -0.15) is 0 Å². The molecule has 0 aromatic heterocycles. The van der Waals surface area contributed by atoms with E-state index in [0.29, 0.717) is 0 Å². The molecule has 1 aliphatic rings. The standard InChI is InChI=1S/C20H25N3O5/c1-4-28-18(25)12-17-19(26)21-9-10-23(17)20(27)16(22-14(3)24)11-15-8-6-5-7-13(15)2/h5-8,11,17H,4,9-10,12H2,1-3H3,(H,21,26)(H,22,24)/b16-11+. The Morgan fingerprint density at radius 2 is 2.04 bits per heavy atom. The third-order valence-electron chi connectivity index (χ3n) is 4.29. The van der Waals surface area contributed by atoms with E-state index in [9.17, 15) is 19.2 Å². The van der Waals surface area contributed by atoms with Gasteiger partial charge >= 0.3 is 5.97 Å². The zero-order chi connectivity index (χ0) is 20.7. The highest BCUT2D eigenvalue weighted by Crippen LogP contribution is 2.17. The molecule has 28 heavy (non-hydrogen) atoms. The Hall–Kier alpha value is -3.16. The number of piperazine rings is 1. The number of esters is 1. The summed E-state index contributed by atoms with van der Waals surface area (Å²) in [7, 11) is 0. The first-order valence-electron chi connectivity index (χ1n) is 9.12. The highest BCUT2D eigenvalue weighted by atomic mass is 16.5. The van der Waals surface area contributed by atoms with Gasteiger partial charge in [-0.3, -0.25) is 19.2 Å². The average molecular weight is 387 g/mol. The predicted octanol–water partition coefficient (Wildman–Crippen LogP) is 0.752. The van der Waals surface area contributed by atoms with Crippen LogP contribution in [-0.4, -0.2) is 54.3 Å². The molecular weight excluding hydrogens is 362 g/mol. The van der Waals surface area contributed by atoms with E-state index in [4.69, 9.17) is 4.74 Å². The molecule has 0 aliphatic carbocycles. The molecule has 0 spiro atoms. The first-order valence-corrected chi connectivity index (χ1v) is 9.12. The number of hydrogen-bond donors (Lipinski definition) is 2. The molecule has 0 saturated carbocycles. The van der Waals surface area contributed by atoms with Crippen molar-refractivity contribution in [3.8, 4) is 0 Å². The molecule has 0 radical (unpaired) electrons. The molecule has 1 aromatic rings. The maximum atomic E-state index is 13.2. The van der Waals surface area contributed by atoms with Gasteiger partial charge in [0.15, 0.2) is 0 Å². The van der Waals surface area contributed by atoms with Gasteiger partial charge < -0.3 is 20.3 Å². The van der Waals surface area contributed by atoms with Gasteiger partial charge in [-0.25, -0.2) is 0 Å². The number of carbonyl (C=O) groups is 4. The molecule has 1 aromatic carbocycles. The molecule has 1 saturated heterocycles. The number of benzene rings is 1. The van der Waals surface area contributed by atoms with Crippen molar-refractivity contribution >= 4 is 29.8 Å². The van der Waals surface area contributed by atoms with Crippen molar-refractivity contribution in [2.75, 3.05) is 19.7 Å². The summed E-state index contributed by atoms with van der Waals surface area (Å²) >= 11 is 0. The number of nitrogens with zero attached hydrogens (tertiary/aromatic N) is 1. The zero-order valence-electron chi connectivity index (χ0n) is 16.3. The van der Waals surface area contributed by atoms with Gasteiger partial charge in [0.25, 0.3) is 5.91 Å². The Morgan fingerprint density at radius 3 is 2.68 bits per heavy atom. The van der Waals surface area contributed by atoms with Crippen molar-refractivity contribution in [1.82, 2.24) is 15.5 Å². The third-order valence-corrected chi connectivity index (χ3v) is 4.29. The lowest BCUT2D eigenvalue weighted by atomic mass is 10.1. The Morgan fingerprint density at radius 1 is 1.32 bits per heavy atom. The molecule has 1 fully saturated rings. The van der Waals surface area contributed by atoms with E-state index >= 15 is 0 Å². The highest BCUT2D eigenvalue weighted by molar-refractivity contribution is 6.03. The van der Waals surface area contributed by atoms with Crippen LogP contribution in [0.1, 0.15) is 31.4 Å². The van der Waals surface area contributed by atoms with E-state index in [1.54, 1.807) is 13.0 Å². The van der Waals surface area contributed by atoms with Crippen LogP contribution >= 0.6 is 0 Å². The van der Waals surface area contributed by atoms with Gasteiger partial charge in [0, 0.05) is 20.0 Å². The van der Waals surface area contributed by atoms with E-state index in [-0.39, 0.29) is 31.8 Å². The van der Waals surface area contributed by atoms with E-state index in [1.807, 2.05) is 31.2 Å². The molecule has 8 nitrogen and oxygen atoms in total. The Kier molecular flexibility index (Phi) is 7.31. The number of ether oxygens (including phenoxy) is 1. The first-order chi connectivity index (χ1) is 13.3. The molecule has 150 valence electrons. The molecule has 1 unspecified atom stereocenters. The Labute approximate surface area is 163 Å². The average Bonchev–Trinajstić information content (AvgIpc) is 2.64. The smallest absolute Gasteiger partial charge is 0.308 e. The lowest BCUT2D eigenvalue weighted by Crippen LogP contribution is -2.58. The normalized spacial score (nSPS) is 17.0. The molecule has 1 aliphatic heterocycles. The summed E-state index contributed by atoms with van der Waals surface area (Å²) < 4.78 is 4.92. The number of amides is 3. The number of hydrogen-bond acceptors (Lipinski definition) is 5. The van der Waals surface area contributed by atoms with Crippen LogP contribution in [0.4, 0.5) is 0 Å². The van der Waals surface area contributed by atoms with Crippen LogP contribution in [0.3, 0.4) is 0 Å². The lowest BCUT2D eigenvalue weighted by molar-refractivity contribution is -0.150. The Balaban J connectivity index is 2.35. The second kappa shape index (κ2) is 9.68.